The molecule has 2 N–H and O–H groups in total. The van der Waals surface area contributed by atoms with Crippen LogP contribution in [0.5, 0.6) is 5.75 Å². The van der Waals surface area contributed by atoms with Crippen LogP contribution in [0, 0.1) is 0 Å². The van der Waals surface area contributed by atoms with Crippen molar-refractivity contribution < 1.29 is 5.11 Å². The maximum Gasteiger partial charge on any atom is 0.121 e. The highest BCUT2D eigenvalue weighted by atomic mass is 16.3. The fourth-order valence-electron chi connectivity index (χ4n) is 2.66. The maximum atomic E-state index is 10.5. The second kappa shape index (κ2) is 6.05. The van der Waals surface area contributed by atoms with Gasteiger partial charge in [-0.15, -0.1) is 0 Å². The summed E-state index contributed by atoms with van der Waals surface area (Å²) in [5, 5.41) is 13.8. The minimum Gasteiger partial charge on any atom is -0.508 e. The van der Waals surface area contributed by atoms with E-state index in [-0.39, 0.29) is 11.7 Å². The van der Waals surface area contributed by atoms with Gasteiger partial charge in [0.1, 0.15) is 11.6 Å². The number of aromatic hydroxyl groups is 1. The van der Waals surface area contributed by atoms with Gasteiger partial charge in [0.15, 0.2) is 0 Å². The molecule has 1 aliphatic heterocycles. The fourth-order valence-corrected chi connectivity index (χ4v) is 2.66. The quantitative estimate of drug-likeness (QED) is 0.906. The molecular formula is C17H20N4O. The molecule has 0 saturated heterocycles. The van der Waals surface area contributed by atoms with Crippen molar-refractivity contribution in [3.63, 3.8) is 0 Å². The highest BCUT2D eigenvalue weighted by Gasteiger charge is 2.26. The molecular weight excluding hydrogens is 276 g/mol. The van der Waals surface area contributed by atoms with E-state index in [0.29, 0.717) is 0 Å². The van der Waals surface area contributed by atoms with Gasteiger partial charge >= 0.3 is 0 Å². The zero-order valence-electron chi connectivity index (χ0n) is 12.8. The lowest BCUT2D eigenvalue weighted by Crippen LogP contribution is -2.27. The van der Waals surface area contributed by atoms with Crippen LogP contribution in [0.2, 0.25) is 0 Å². The summed E-state index contributed by atoms with van der Waals surface area (Å²) in [6.07, 6.45) is 1.77. The zero-order valence-corrected chi connectivity index (χ0v) is 12.8. The van der Waals surface area contributed by atoms with E-state index in [1.54, 1.807) is 12.3 Å². The Morgan fingerprint density at radius 2 is 2.09 bits per heavy atom. The third-order valence-electron chi connectivity index (χ3n) is 3.80. The molecule has 1 aromatic carbocycles. The first-order chi connectivity index (χ1) is 10.7. The van der Waals surface area contributed by atoms with E-state index in [2.05, 4.69) is 15.3 Å². The van der Waals surface area contributed by atoms with E-state index in [0.717, 1.165) is 35.9 Å². The summed E-state index contributed by atoms with van der Waals surface area (Å²) in [4.78, 5) is 11.0. The Balaban J connectivity index is 2.06. The number of hydrogen-bond donors (Lipinski definition) is 2. The standard InChI is InChI=1S/C17H20N4O/c1-21(2)12-6-7-13(15(22)11-12)16(17-19-9-10-20-17)14-5-3-4-8-18-14/h3-8,11,16,22H,9-10H2,1-2H3,(H,19,20). The van der Waals surface area contributed by atoms with Gasteiger partial charge in [-0.05, 0) is 18.2 Å². The van der Waals surface area contributed by atoms with Crippen molar-refractivity contribution in [3.8, 4) is 5.75 Å². The van der Waals surface area contributed by atoms with Crippen molar-refractivity contribution in [1.82, 2.24) is 10.3 Å². The number of phenols is 1. The van der Waals surface area contributed by atoms with Gasteiger partial charge in [0.05, 0.1) is 18.2 Å². The Bertz CT molecular complexity index is 682. The number of aliphatic imine (C=N–C) groups is 1. The van der Waals surface area contributed by atoms with E-state index in [1.165, 1.54) is 0 Å². The lowest BCUT2D eigenvalue weighted by molar-refractivity contribution is 0.468. The predicted octanol–water partition coefficient (Wildman–Crippen LogP) is 1.99. The summed E-state index contributed by atoms with van der Waals surface area (Å²) < 4.78 is 0. The molecule has 22 heavy (non-hydrogen) atoms. The fraction of sp³-hybridized carbons (Fsp3) is 0.294. The molecule has 5 heteroatoms. The van der Waals surface area contributed by atoms with Gasteiger partial charge in [-0.2, -0.15) is 0 Å². The topological polar surface area (TPSA) is 60.8 Å². The average Bonchev–Trinajstić information content (AvgIpc) is 3.04. The number of anilines is 1. The first kappa shape index (κ1) is 14.4. The van der Waals surface area contributed by atoms with Gasteiger partial charge in [0.25, 0.3) is 0 Å². The number of nitrogens with zero attached hydrogens (tertiary/aromatic N) is 3. The molecule has 0 spiro atoms. The van der Waals surface area contributed by atoms with Crippen LogP contribution in [0.4, 0.5) is 5.69 Å². The van der Waals surface area contributed by atoms with E-state index in [1.807, 2.05) is 49.3 Å². The predicted molar refractivity (Wildman–Crippen MR) is 88.8 cm³/mol. The third-order valence-corrected chi connectivity index (χ3v) is 3.80. The molecule has 1 aliphatic rings. The van der Waals surface area contributed by atoms with E-state index in [4.69, 9.17) is 0 Å². The van der Waals surface area contributed by atoms with Gasteiger partial charge in [-0.1, -0.05) is 12.1 Å². The molecule has 5 nitrogen and oxygen atoms in total. The minimum atomic E-state index is -0.167. The SMILES string of the molecule is CN(C)c1ccc(C(C2=NCCN2)c2ccccn2)c(O)c1. The molecule has 0 saturated carbocycles. The van der Waals surface area contributed by atoms with Crippen molar-refractivity contribution in [2.75, 3.05) is 32.1 Å². The summed E-state index contributed by atoms with van der Waals surface area (Å²) in [6.45, 7) is 1.59. The monoisotopic (exact) mass is 296 g/mol. The van der Waals surface area contributed by atoms with Crippen LogP contribution in [0.15, 0.2) is 47.6 Å². The Labute approximate surface area is 130 Å². The second-order valence-corrected chi connectivity index (χ2v) is 5.52. The molecule has 0 amide bonds. The number of nitrogens with one attached hydrogen (secondary N) is 1. The Hall–Kier alpha value is -2.56. The molecule has 0 radical (unpaired) electrons. The largest absolute Gasteiger partial charge is 0.508 e. The first-order valence-electron chi connectivity index (χ1n) is 7.36. The molecule has 114 valence electrons. The summed E-state index contributed by atoms with van der Waals surface area (Å²) in [7, 11) is 3.90. The van der Waals surface area contributed by atoms with E-state index >= 15 is 0 Å². The number of pyridine rings is 1. The van der Waals surface area contributed by atoms with Crippen molar-refractivity contribution >= 4 is 11.5 Å². The number of amidine groups is 1. The van der Waals surface area contributed by atoms with Crippen LogP contribution < -0.4 is 10.2 Å². The third kappa shape index (κ3) is 2.74. The van der Waals surface area contributed by atoms with E-state index in [9.17, 15) is 5.11 Å². The van der Waals surface area contributed by atoms with Crippen molar-refractivity contribution in [2.45, 2.75) is 5.92 Å². The van der Waals surface area contributed by atoms with Crippen molar-refractivity contribution in [3.05, 3.63) is 53.9 Å². The molecule has 2 aromatic rings. The Morgan fingerprint density at radius 1 is 1.23 bits per heavy atom. The number of hydrogen-bond acceptors (Lipinski definition) is 5. The molecule has 0 fully saturated rings. The summed E-state index contributed by atoms with van der Waals surface area (Å²) in [5.41, 5.74) is 2.66. The molecule has 3 rings (SSSR count). The zero-order chi connectivity index (χ0) is 15.5. The van der Waals surface area contributed by atoms with Crippen LogP contribution >= 0.6 is 0 Å². The van der Waals surface area contributed by atoms with Crippen LogP contribution in [-0.2, 0) is 0 Å². The Kier molecular flexibility index (Phi) is 3.96. The molecule has 2 heterocycles. The summed E-state index contributed by atoms with van der Waals surface area (Å²) in [6, 6.07) is 11.5. The smallest absolute Gasteiger partial charge is 0.121 e. The molecule has 1 aromatic heterocycles. The lowest BCUT2D eigenvalue weighted by Gasteiger charge is -2.20. The molecule has 1 atom stereocenters. The van der Waals surface area contributed by atoms with Gasteiger partial charge in [0.2, 0.25) is 0 Å². The van der Waals surface area contributed by atoms with Gasteiger partial charge in [-0.3, -0.25) is 9.98 Å². The van der Waals surface area contributed by atoms with Gasteiger partial charge < -0.3 is 15.3 Å². The minimum absolute atomic E-state index is 0.167. The maximum absolute atomic E-state index is 10.5. The van der Waals surface area contributed by atoms with E-state index < -0.39 is 0 Å². The average molecular weight is 296 g/mol. The summed E-state index contributed by atoms with van der Waals surface area (Å²) >= 11 is 0. The van der Waals surface area contributed by atoms with Crippen molar-refractivity contribution in [2.24, 2.45) is 4.99 Å². The molecule has 0 aliphatic carbocycles. The highest BCUT2D eigenvalue weighted by Crippen LogP contribution is 2.34. The molecule has 0 bridgehead atoms. The highest BCUT2D eigenvalue weighted by molar-refractivity contribution is 5.93. The number of aromatic nitrogens is 1. The second-order valence-electron chi connectivity index (χ2n) is 5.52. The lowest BCUT2D eigenvalue weighted by atomic mass is 9.92. The Morgan fingerprint density at radius 3 is 2.68 bits per heavy atom. The number of phenolic OH excluding ortho intramolecular Hbond substituents is 1. The van der Waals surface area contributed by atoms with Crippen LogP contribution in [-0.4, -0.2) is 43.1 Å². The number of benzene rings is 1. The van der Waals surface area contributed by atoms with Crippen LogP contribution in [0.1, 0.15) is 17.2 Å². The first-order valence-corrected chi connectivity index (χ1v) is 7.36. The van der Waals surface area contributed by atoms with Crippen molar-refractivity contribution in [1.29, 1.82) is 0 Å². The summed E-state index contributed by atoms with van der Waals surface area (Å²) in [5.74, 6) is 0.963. The van der Waals surface area contributed by atoms with Crippen LogP contribution in [0.3, 0.4) is 0 Å². The van der Waals surface area contributed by atoms with Gasteiger partial charge in [0, 0.05) is 44.2 Å². The molecule has 1 unspecified atom stereocenters. The van der Waals surface area contributed by atoms with Gasteiger partial charge in [-0.25, -0.2) is 0 Å². The number of rotatable bonds is 4. The van der Waals surface area contributed by atoms with Crippen LogP contribution in [0.25, 0.3) is 0 Å². The normalized spacial score (nSPS) is 15.1.